The van der Waals surface area contributed by atoms with E-state index < -0.39 is 0 Å². The summed E-state index contributed by atoms with van der Waals surface area (Å²) < 4.78 is 5.71. The summed E-state index contributed by atoms with van der Waals surface area (Å²) in [5, 5.41) is 4.47. The van der Waals surface area contributed by atoms with Crippen molar-refractivity contribution in [2.45, 2.75) is 71.1 Å². The molecule has 28 heavy (non-hydrogen) atoms. The van der Waals surface area contributed by atoms with E-state index in [4.69, 9.17) is 4.74 Å². The zero-order valence-electron chi connectivity index (χ0n) is 17.1. The first-order chi connectivity index (χ1) is 13.8. The molecule has 2 nitrogen and oxygen atoms in total. The Labute approximate surface area is 168 Å². The normalized spacial score (nSPS) is 11.2. The first kappa shape index (κ1) is 20.4. The average Bonchev–Trinajstić information content (AvgIpc) is 2.71. The summed E-state index contributed by atoms with van der Waals surface area (Å²) >= 11 is 0. The Morgan fingerprint density at radius 2 is 1.32 bits per heavy atom. The van der Waals surface area contributed by atoms with Crippen molar-refractivity contribution in [1.82, 2.24) is 0 Å². The molecule has 0 amide bonds. The fraction of sp³-hybridized carbons (Fsp3) is 0.423. The maximum Gasteiger partial charge on any atom is 0.311 e. The molecule has 0 saturated heterocycles. The zero-order chi connectivity index (χ0) is 19.6. The molecule has 148 valence electrons. The number of ether oxygens (including phenoxy) is 1. The van der Waals surface area contributed by atoms with Gasteiger partial charge in [0.25, 0.3) is 0 Å². The number of esters is 1. The van der Waals surface area contributed by atoms with Gasteiger partial charge < -0.3 is 4.74 Å². The van der Waals surface area contributed by atoms with Crippen LogP contribution in [-0.2, 0) is 4.79 Å². The molecule has 0 bridgehead atoms. The number of hydrogen-bond donors (Lipinski definition) is 0. The summed E-state index contributed by atoms with van der Waals surface area (Å²) in [5.74, 6) is 0.549. The van der Waals surface area contributed by atoms with E-state index >= 15 is 0 Å². The largest absolute Gasteiger partial charge is 0.426 e. The van der Waals surface area contributed by atoms with Gasteiger partial charge in [0.05, 0.1) is 0 Å². The van der Waals surface area contributed by atoms with Crippen LogP contribution in [0.1, 0.15) is 71.1 Å². The van der Waals surface area contributed by atoms with Crippen molar-refractivity contribution in [3.05, 3.63) is 54.6 Å². The number of benzene rings is 3. The van der Waals surface area contributed by atoms with Gasteiger partial charge in [-0.25, -0.2) is 0 Å². The van der Waals surface area contributed by atoms with Gasteiger partial charge in [0, 0.05) is 11.8 Å². The zero-order valence-corrected chi connectivity index (χ0v) is 17.1. The molecule has 0 heterocycles. The molecular formula is C26H32O2. The lowest BCUT2D eigenvalue weighted by atomic mass is 10.0. The van der Waals surface area contributed by atoms with Crippen molar-refractivity contribution >= 4 is 27.5 Å². The monoisotopic (exact) mass is 376 g/mol. The van der Waals surface area contributed by atoms with Gasteiger partial charge in [-0.3, -0.25) is 4.79 Å². The van der Waals surface area contributed by atoms with Crippen molar-refractivity contribution in [3.63, 3.8) is 0 Å². The molecule has 0 N–H and O–H groups in total. The Morgan fingerprint density at radius 1 is 0.714 bits per heavy atom. The second kappa shape index (κ2) is 10.8. The van der Waals surface area contributed by atoms with Crippen LogP contribution in [0.25, 0.3) is 21.5 Å². The van der Waals surface area contributed by atoms with Crippen molar-refractivity contribution in [3.8, 4) is 5.75 Å². The van der Waals surface area contributed by atoms with Crippen molar-refractivity contribution in [2.75, 3.05) is 0 Å². The lowest BCUT2D eigenvalue weighted by Gasteiger charge is -2.09. The lowest BCUT2D eigenvalue weighted by molar-refractivity contribution is -0.134. The summed E-state index contributed by atoms with van der Waals surface area (Å²) in [5.41, 5.74) is 0. The highest BCUT2D eigenvalue weighted by Gasteiger charge is 2.09. The third-order valence-corrected chi connectivity index (χ3v) is 5.41. The minimum absolute atomic E-state index is 0.122. The Morgan fingerprint density at radius 3 is 2.04 bits per heavy atom. The summed E-state index contributed by atoms with van der Waals surface area (Å²) in [6.07, 6.45) is 11.7. The highest BCUT2D eigenvalue weighted by Crippen LogP contribution is 2.30. The smallest absolute Gasteiger partial charge is 0.311 e. The predicted octanol–water partition coefficient (Wildman–Crippen LogP) is 7.82. The van der Waals surface area contributed by atoms with Crippen LogP contribution in [-0.4, -0.2) is 5.97 Å². The summed E-state index contributed by atoms with van der Waals surface area (Å²) in [4.78, 5) is 12.3. The molecule has 3 rings (SSSR count). The molecule has 3 aromatic rings. The van der Waals surface area contributed by atoms with Crippen LogP contribution in [0.15, 0.2) is 54.6 Å². The molecule has 0 saturated carbocycles. The molecule has 0 aromatic heterocycles. The third-order valence-electron chi connectivity index (χ3n) is 5.41. The van der Waals surface area contributed by atoms with Gasteiger partial charge in [0.15, 0.2) is 0 Å². The highest BCUT2D eigenvalue weighted by molar-refractivity contribution is 6.01. The molecule has 2 heteroatoms. The van der Waals surface area contributed by atoms with E-state index in [1.165, 1.54) is 50.3 Å². The number of unbranched alkanes of at least 4 members (excludes halogenated alkanes) is 8. The maximum atomic E-state index is 12.3. The lowest BCUT2D eigenvalue weighted by Crippen LogP contribution is -2.07. The first-order valence-electron chi connectivity index (χ1n) is 10.9. The van der Waals surface area contributed by atoms with Crippen LogP contribution in [0.5, 0.6) is 5.75 Å². The molecule has 0 fully saturated rings. The molecular weight excluding hydrogens is 344 g/mol. The topological polar surface area (TPSA) is 26.3 Å². The summed E-state index contributed by atoms with van der Waals surface area (Å²) in [6.45, 7) is 2.25. The Hall–Kier alpha value is -2.35. The van der Waals surface area contributed by atoms with Gasteiger partial charge in [-0.1, -0.05) is 94.7 Å². The SMILES string of the molecule is CCCCCCCCCCCC(=O)Oc1cccc2cc3ccccc3cc12. The summed E-state index contributed by atoms with van der Waals surface area (Å²) in [6, 6.07) is 18.5. The van der Waals surface area contributed by atoms with Crippen LogP contribution >= 0.6 is 0 Å². The average molecular weight is 377 g/mol. The highest BCUT2D eigenvalue weighted by atomic mass is 16.5. The fourth-order valence-electron chi connectivity index (χ4n) is 3.78. The molecule has 0 aliphatic rings. The number of carbonyl (C=O) groups is 1. The van der Waals surface area contributed by atoms with E-state index in [-0.39, 0.29) is 5.97 Å². The molecule has 0 unspecified atom stereocenters. The first-order valence-corrected chi connectivity index (χ1v) is 10.9. The van der Waals surface area contributed by atoms with Crippen LogP contribution < -0.4 is 4.74 Å². The molecule has 0 spiro atoms. The van der Waals surface area contributed by atoms with E-state index in [2.05, 4.69) is 37.3 Å². The number of carbonyl (C=O) groups excluding carboxylic acids is 1. The quantitative estimate of drug-likeness (QED) is 0.147. The van der Waals surface area contributed by atoms with E-state index in [0.717, 1.165) is 29.0 Å². The van der Waals surface area contributed by atoms with Gasteiger partial charge >= 0.3 is 5.97 Å². The Kier molecular flexibility index (Phi) is 7.90. The second-order valence-electron chi connectivity index (χ2n) is 7.73. The molecule has 3 aromatic carbocycles. The molecule has 0 atom stereocenters. The molecule has 0 radical (unpaired) electrons. The van der Waals surface area contributed by atoms with Crippen LogP contribution in [0.2, 0.25) is 0 Å². The van der Waals surface area contributed by atoms with Crippen molar-refractivity contribution < 1.29 is 9.53 Å². The van der Waals surface area contributed by atoms with E-state index in [0.29, 0.717) is 12.2 Å². The molecule has 0 aliphatic carbocycles. The van der Waals surface area contributed by atoms with E-state index in [9.17, 15) is 4.79 Å². The van der Waals surface area contributed by atoms with Crippen LogP contribution in [0.3, 0.4) is 0 Å². The minimum Gasteiger partial charge on any atom is -0.426 e. The van der Waals surface area contributed by atoms with Gasteiger partial charge in [-0.2, -0.15) is 0 Å². The summed E-state index contributed by atoms with van der Waals surface area (Å²) in [7, 11) is 0. The maximum absolute atomic E-state index is 12.3. The Bertz CT molecular complexity index is 897. The third kappa shape index (κ3) is 5.82. The standard InChI is InChI=1S/C26H32O2/c1-2-3-4-5-6-7-8-9-10-18-26(27)28-25-17-13-16-23-19-21-14-11-12-15-22(21)20-24(23)25/h11-17,19-20H,2-10,18H2,1H3. The van der Waals surface area contributed by atoms with Gasteiger partial charge in [0.1, 0.15) is 5.75 Å². The van der Waals surface area contributed by atoms with Crippen LogP contribution in [0.4, 0.5) is 0 Å². The number of hydrogen-bond acceptors (Lipinski definition) is 2. The number of fused-ring (bicyclic) bond motifs is 2. The predicted molar refractivity (Wildman–Crippen MR) is 119 cm³/mol. The van der Waals surface area contributed by atoms with Gasteiger partial charge in [-0.15, -0.1) is 0 Å². The van der Waals surface area contributed by atoms with Crippen LogP contribution in [0, 0.1) is 0 Å². The van der Waals surface area contributed by atoms with E-state index in [1.807, 2.05) is 24.3 Å². The minimum atomic E-state index is -0.122. The molecule has 0 aliphatic heterocycles. The van der Waals surface area contributed by atoms with Crippen molar-refractivity contribution in [2.24, 2.45) is 0 Å². The van der Waals surface area contributed by atoms with Crippen molar-refractivity contribution in [1.29, 1.82) is 0 Å². The van der Waals surface area contributed by atoms with E-state index in [1.54, 1.807) is 0 Å². The Balaban J connectivity index is 1.48. The second-order valence-corrected chi connectivity index (χ2v) is 7.73. The fourth-order valence-corrected chi connectivity index (χ4v) is 3.78. The number of rotatable bonds is 11. The van der Waals surface area contributed by atoms with Gasteiger partial charge in [-0.05, 0) is 40.8 Å². The van der Waals surface area contributed by atoms with Gasteiger partial charge in [0.2, 0.25) is 0 Å².